The standard InChI is InChI=1S/C27H31F3N4OS/c28-27(29,30)17-32-26-33-23-16-34(14-11-25(23)36-26)13-10-18-6-8-19(9-7-18)15-24(35)21-3-1-5-22-20(21)4-2-12-31-22/h1-5,12,18-19H,6-11,13-17H2,(H,32,33). The Kier molecular flexibility index (Phi) is 7.57. The highest BCUT2D eigenvalue weighted by molar-refractivity contribution is 7.15. The van der Waals surface area contributed by atoms with Crippen LogP contribution in [0.1, 0.15) is 59.5 Å². The molecule has 3 aromatic rings. The van der Waals surface area contributed by atoms with Crippen molar-refractivity contribution in [3.63, 3.8) is 0 Å². The van der Waals surface area contributed by atoms with Crippen molar-refractivity contribution in [2.45, 2.75) is 57.7 Å². The average molecular weight is 517 g/mol. The first-order valence-corrected chi connectivity index (χ1v) is 13.5. The van der Waals surface area contributed by atoms with Crippen LogP contribution < -0.4 is 5.32 Å². The largest absolute Gasteiger partial charge is 0.405 e. The first kappa shape index (κ1) is 25.1. The van der Waals surface area contributed by atoms with Crippen LogP contribution in [0, 0.1) is 11.8 Å². The Balaban J connectivity index is 1.06. The van der Waals surface area contributed by atoms with E-state index in [1.165, 1.54) is 11.3 Å². The first-order chi connectivity index (χ1) is 17.3. The van der Waals surface area contributed by atoms with Crippen molar-refractivity contribution in [3.8, 4) is 0 Å². The third-order valence-corrected chi connectivity index (χ3v) is 8.60. The molecule has 1 aliphatic carbocycles. The van der Waals surface area contributed by atoms with Gasteiger partial charge in [-0.15, -0.1) is 11.3 Å². The summed E-state index contributed by atoms with van der Waals surface area (Å²) in [6.07, 6.45) is 4.56. The minimum atomic E-state index is -4.24. The second-order valence-corrected chi connectivity index (χ2v) is 11.1. The number of anilines is 1. The predicted octanol–water partition coefficient (Wildman–Crippen LogP) is 6.49. The summed E-state index contributed by atoms with van der Waals surface area (Å²) >= 11 is 1.35. The number of carbonyl (C=O) groups is 1. The molecule has 3 heterocycles. The molecule has 0 bridgehead atoms. The number of thiazole rings is 1. The summed E-state index contributed by atoms with van der Waals surface area (Å²) in [4.78, 5) is 25.3. The molecule has 5 rings (SSSR count). The van der Waals surface area contributed by atoms with Crippen molar-refractivity contribution in [2.24, 2.45) is 11.8 Å². The number of nitrogens with zero attached hydrogens (tertiary/aromatic N) is 3. The van der Waals surface area contributed by atoms with Gasteiger partial charge in [-0.25, -0.2) is 4.98 Å². The van der Waals surface area contributed by atoms with Crippen LogP contribution in [0.15, 0.2) is 36.5 Å². The Morgan fingerprint density at radius 1 is 1.11 bits per heavy atom. The van der Waals surface area contributed by atoms with E-state index in [4.69, 9.17) is 0 Å². The lowest BCUT2D eigenvalue weighted by Gasteiger charge is -2.31. The van der Waals surface area contributed by atoms with Crippen molar-refractivity contribution in [1.29, 1.82) is 0 Å². The molecule has 0 unspecified atom stereocenters. The summed E-state index contributed by atoms with van der Waals surface area (Å²) in [5.74, 6) is 1.32. The van der Waals surface area contributed by atoms with Crippen molar-refractivity contribution in [2.75, 3.05) is 25.0 Å². The summed E-state index contributed by atoms with van der Waals surface area (Å²) in [5.41, 5.74) is 2.57. The number of fused-ring (bicyclic) bond motifs is 2. The minimum absolute atomic E-state index is 0.216. The Morgan fingerprint density at radius 2 is 1.92 bits per heavy atom. The van der Waals surface area contributed by atoms with Gasteiger partial charge in [0.05, 0.1) is 11.2 Å². The molecule has 0 radical (unpaired) electrons. The van der Waals surface area contributed by atoms with E-state index >= 15 is 0 Å². The highest BCUT2D eigenvalue weighted by Gasteiger charge is 2.29. The maximum Gasteiger partial charge on any atom is 0.405 e. The molecular formula is C27H31F3N4OS. The number of pyridine rings is 1. The molecule has 1 fully saturated rings. The molecule has 0 spiro atoms. The third kappa shape index (κ3) is 6.24. The normalized spacial score (nSPS) is 20.9. The smallest absolute Gasteiger partial charge is 0.352 e. The van der Waals surface area contributed by atoms with Crippen LogP contribution in [0.5, 0.6) is 0 Å². The molecule has 0 atom stereocenters. The van der Waals surface area contributed by atoms with E-state index in [1.54, 1.807) is 6.20 Å². The predicted molar refractivity (Wildman–Crippen MR) is 136 cm³/mol. The lowest BCUT2D eigenvalue weighted by atomic mass is 9.78. The molecule has 1 N–H and O–H groups in total. The van der Waals surface area contributed by atoms with Gasteiger partial charge in [0.1, 0.15) is 6.54 Å². The molecule has 1 aromatic carbocycles. The fourth-order valence-corrected chi connectivity index (χ4v) is 6.46. The zero-order valence-corrected chi connectivity index (χ0v) is 21.0. The SMILES string of the molecule is O=C(CC1CCC(CCN2CCc3sc(NCC(F)(F)F)nc3C2)CC1)c1cccc2ncccc12. The number of halogens is 3. The van der Waals surface area contributed by atoms with E-state index in [0.29, 0.717) is 29.9 Å². The Morgan fingerprint density at radius 3 is 2.72 bits per heavy atom. The maximum atomic E-state index is 13.0. The van der Waals surface area contributed by atoms with Crippen LogP contribution in [0.4, 0.5) is 18.3 Å². The summed E-state index contributed by atoms with van der Waals surface area (Å²) in [7, 11) is 0. The van der Waals surface area contributed by atoms with Crippen LogP contribution >= 0.6 is 11.3 Å². The molecule has 36 heavy (non-hydrogen) atoms. The number of aromatic nitrogens is 2. The van der Waals surface area contributed by atoms with E-state index in [-0.39, 0.29) is 5.78 Å². The summed E-state index contributed by atoms with van der Waals surface area (Å²) in [6.45, 7) is 1.58. The molecule has 5 nitrogen and oxygen atoms in total. The minimum Gasteiger partial charge on any atom is -0.352 e. The van der Waals surface area contributed by atoms with E-state index in [2.05, 4.69) is 20.2 Å². The molecule has 1 aliphatic heterocycles. The second kappa shape index (κ2) is 10.8. The molecule has 1 saturated carbocycles. The average Bonchev–Trinajstić information content (AvgIpc) is 3.29. The van der Waals surface area contributed by atoms with Gasteiger partial charge in [-0.3, -0.25) is 14.7 Å². The van der Waals surface area contributed by atoms with Gasteiger partial charge >= 0.3 is 6.18 Å². The number of hydrogen-bond donors (Lipinski definition) is 1. The molecule has 9 heteroatoms. The first-order valence-electron chi connectivity index (χ1n) is 12.7. The number of Topliss-reactive ketones (excluding diaryl/α,β-unsaturated/α-hetero) is 1. The quantitative estimate of drug-likeness (QED) is 0.347. The van der Waals surface area contributed by atoms with Gasteiger partial charge in [-0.1, -0.05) is 31.0 Å². The zero-order chi connectivity index (χ0) is 25.1. The monoisotopic (exact) mass is 516 g/mol. The fraction of sp³-hybridized carbons (Fsp3) is 0.519. The number of benzene rings is 1. The maximum absolute atomic E-state index is 13.0. The lowest BCUT2D eigenvalue weighted by Crippen LogP contribution is -2.32. The lowest BCUT2D eigenvalue weighted by molar-refractivity contribution is -0.115. The van der Waals surface area contributed by atoms with Crippen molar-refractivity contribution >= 4 is 33.2 Å². The molecule has 2 aliphatic rings. The Labute approximate surface area is 213 Å². The number of nitrogens with one attached hydrogen (secondary N) is 1. The van der Waals surface area contributed by atoms with Crippen molar-refractivity contribution in [1.82, 2.24) is 14.9 Å². The zero-order valence-electron chi connectivity index (χ0n) is 20.2. The van der Waals surface area contributed by atoms with Gasteiger partial charge in [0.15, 0.2) is 10.9 Å². The van der Waals surface area contributed by atoms with Crippen LogP contribution in [0.2, 0.25) is 0 Å². The summed E-state index contributed by atoms with van der Waals surface area (Å²) in [5, 5.41) is 3.72. The van der Waals surface area contributed by atoms with Gasteiger partial charge in [0.2, 0.25) is 0 Å². The van der Waals surface area contributed by atoms with Gasteiger partial charge < -0.3 is 5.32 Å². The van der Waals surface area contributed by atoms with Gasteiger partial charge in [-0.05, 0) is 56.2 Å². The van der Waals surface area contributed by atoms with Crippen LogP contribution in [-0.4, -0.2) is 46.5 Å². The number of hydrogen-bond acceptors (Lipinski definition) is 6. The number of ketones is 1. The van der Waals surface area contributed by atoms with Crippen LogP contribution in [0.25, 0.3) is 10.9 Å². The highest BCUT2D eigenvalue weighted by Crippen LogP contribution is 2.35. The van der Waals surface area contributed by atoms with E-state index in [9.17, 15) is 18.0 Å². The topological polar surface area (TPSA) is 58.1 Å². The van der Waals surface area contributed by atoms with Crippen molar-refractivity contribution < 1.29 is 18.0 Å². The fourth-order valence-electron chi connectivity index (χ4n) is 5.50. The summed E-state index contributed by atoms with van der Waals surface area (Å²) < 4.78 is 37.4. The molecule has 192 valence electrons. The highest BCUT2D eigenvalue weighted by atomic mass is 32.1. The van der Waals surface area contributed by atoms with Gasteiger partial charge in [0, 0.05) is 41.5 Å². The third-order valence-electron chi connectivity index (χ3n) is 7.49. The molecule has 2 aromatic heterocycles. The number of rotatable bonds is 8. The molecule has 0 saturated heterocycles. The second-order valence-electron chi connectivity index (χ2n) is 10.1. The molecule has 0 amide bonds. The van der Waals surface area contributed by atoms with Crippen molar-refractivity contribution in [3.05, 3.63) is 52.7 Å². The van der Waals surface area contributed by atoms with Crippen LogP contribution in [0.3, 0.4) is 0 Å². The Hall–Kier alpha value is -2.52. The number of carbonyl (C=O) groups excluding carboxylic acids is 1. The molecular weight excluding hydrogens is 485 g/mol. The van der Waals surface area contributed by atoms with E-state index in [0.717, 1.165) is 78.7 Å². The van der Waals surface area contributed by atoms with Crippen LogP contribution in [-0.2, 0) is 13.0 Å². The van der Waals surface area contributed by atoms with Gasteiger partial charge in [0.25, 0.3) is 0 Å². The van der Waals surface area contributed by atoms with E-state index in [1.807, 2.05) is 30.3 Å². The van der Waals surface area contributed by atoms with Gasteiger partial charge in [-0.2, -0.15) is 13.2 Å². The number of alkyl halides is 3. The summed E-state index contributed by atoms with van der Waals surface area (Å²) in [6, 6.07) is 9.62. The van der Waals surface area contributed by atoms with E-state index < -0.39 is 12.7 Å². The Bertz CT molecular complexity index is 1200.